The Morgan fingerprint density at radius 2 is 1.85 bits per heavy atom. The molecule has 1 aliphatic carbocycles. The van der Waals surface area contributed by atoms with Crippen LogP contribution in [0.15, 0.2) is 29.2 Å². The van der Waals surface area contributed by atoms with E-state index in [1.807, 2.05) is 31.2 Å². The summed E-state index contributed by atoms with van der Waals surface area (Å²) < 4.78 is 18.3. The number of hydrogen-bond acceptors (Lipinski definition) is 2. The highest BCUT2D eigenvalue weighted by molar-refractivity contribution is 7.80. The highest BCUT2D eigenvalue weighted by Crippen LogP contribution is 2.36. The largest absolute Gasteiger partial charge is 0.283 e. The maximum absolute atomic E-state index is 12.4. The molecule has 0 aromatic heterocycles. The normalized spacial score (nSPS) is 28.6. The molecule has 0 radical (unpaired) electrons. The van der Waals surface area contributed by atoms with Gasteiger partial charge in [0, 0.05) is 0 Å². The van der Waals surface area contributed by atoms with Crippen LogP contribution in [0.5, 0.6) is 0 Å². The van der Waals surface area contributed by atoms with Crippen LogP contribution in [-0.2, 0) is 15.3 Å². The zero-order valence-electron chi connectivity index (χ0n) is 13.0. The van der Waals surface area contributed by atoms with Gasteiger partial charge in [-0.25, -0.2) is 4.21 Å². The summed E-state index contributed by atoms with van der Waals surface area (Å²) in [5.74, 6) is 1.79. The van der Waals surface area contributed by atoms with E-state index < -0.39 is 11.1 Å². The van der Waals surface area contributed by atoms with Gasteiger partial charge in [-0.2, -0.15) is 0 Å². The van der Waals surface area contributed by atoms with Crippen LogP contribution in [0.2, 0.25) is 0 Å². The Bertz CT molecular complexity index is 453. The van der Waals surface area contributed by atoms with Crippen molar-refractivity contribution < 1.29 is 8.39 Å². The first-order valence-corrected chi connectivity index (χ1v) is 8.70. The smallest absolute Gasteiger partial charge is 0.189 e. The van der Waals surface area contributed by atoms with Crippen molar-refractivity contribution in [3.8, 4) is 0 Å². The molecular weight excluding hydrogens is 268 g/mol. The molecule has 0 saturated heterocycles. The van der Waals surface area contributed by atoms with Crippen LogP contribution in [0.3, 0.4) is 0 Å². The van der Waals surface area contributed by atoms with E-state index in [1.54, 1.807) is 0 Å². The molecule has 0 aliphatic heterocycles. The van der Waals surface area contributed by atoms with E-state index in [0.717, 1.165) is 11.3 Å². The zero-order valence-corrected chi connectivity index (χ0v) is 13.8. The molecule has 3 heteroatoms. The third kappa shape index (κ3) is 3.92. The van der Waals surface area contributed by atoms with Crippen molar-refractivity contribution in [1.29, 1.82) is 0 Å². The lowest BCUT2D eigenvalue weighted by Gasteiger charge is -2.36. The SMILES string of the molecule is Cc1ccc(S(=O)O[C@@H]2C[C@H](C)CCC2C(C)C)cc1. The molecule has 0 amide bonds. The molecule has 4 atom stereocenters. The van der Waals surface area contributed by atoms with Crippen molar-refractivity contribution in [3.05, 3.63) is 29.8 Å². The van der Waals surface area contributed by atoms with Crippen molar-refractivity contribution in [3.63, 3.8) is 0 Å². The molecule has 0 N–H and O–H groups in total. The molecule has 1 aromatic carbocycles. The second-order valence-corrected chi connectivity index (χ2v) is 7.64. The molecular formula is C17H26O2S. The van der Waals surface area contributed by atoms with E-state index in [2.05, 4.69) is 20.8 Å². The zero-order chi connectivity index (χ0) is 14.7. The second-order valence-electron chi connectivity index (χ2n) is 6.51. The van der Waals surface area contributed by atoms with Gasteiger partial charge >= 0.3 is 0 Å². The van der Waals surface area contributed by atoms with Crippen LogP contribution >= 0.6 is 0 Å². The van der Waals surface area contributed by atoms with Crippen LogP contribution in [0.1, 0.15) is 45.6 Å². The van der Waals surface area contributed by atoms with Gasteiger partial charge < -0.3 is 0 Å². The van der Waals surface area contributed by atoms with Crippen LogP contribution in [0.4, 0.5) is 0 Å². The van der Waals surface area contributed by atoms with Gasteiger partial charge in [-0.05, 0) is 49.7 Å². The van der Waals surface area contributed by atoms with Gasteiger partial charge in [0.1, 0.15) is 0 Å². The van der Waals surface area contributed by atoms with E-state index in [4.69, 9.17) is 4.18 Å². The summed E-state index contributed by atoms with van der Waals surface area (Å²) in [7, 11) is 0. The average Bonchev–Trinajstić information content (AvgIpc) is 2.39. The minimum Gasteiger partial charge on any atom is -0.283 e. The molecule has 1 aromatic rings. The van der Waals surface area contributed by atoms with Gasteiger partial charge in [0.15, 0.2) is 11.1 Å². The second kappa shape index (κ2) is 6.86. The Hall–Kier alpha value is -0.670. The van der Waals surface area contributed by atoms with Crippen LogP contribution in [0, 0.1) is 24.7 Å². The minimum atomic E-state index is -1.34. The Balaban J connectivity index is 2.05. The molecule has 0 spiro atoms. The van der Waals surface area contributed by atoms with E-state index in [-0.39, 0.29) is 6.10 Å². The summed E-state index contributed by atoms with van der Waals surface area (Å²) in [5.41, 5.74) is 1.18. The van der Waals surface area contributed by atoms with Gasteiger partial charge in [-0.15, -0.1) is 0 Å². The van der Waals surface area contributed by atoms with E-state index >= 15 is 0 Å². The first kappa shape index (κ1) is 15.7. The Morgan fingerprint density at radius 3 is 2.45 bits per heavy atom. The van der Waals surface area contributed by atoms with Gasteiger partial charge in [0.25, 0.3) is 0 Å². The maximum Gasteiger partial charge on any atom is 0.189 e. The lowest BCUT2D eigenvalue weighted by molar-refractivity contribution is 0.0567. The predicted octanol–water partition coefficient (Wildman–Crippen LogP) is 4.50. The topological polar surface area (TPSA) is 26.3 Å². The Kier molecular flexibility index (Phi) is 5.39. The monoisotopic (exact) mass is 294 g/mol. The number of rotatable bonds is 4. The van der Waals surface area contributed by atoms with Crippen molar-refractivity contribution in [1.82, 2.24) is 0 Å². The predicted molar refractivity (Wildman–Crippen MR) is 83.8 cm³/mol. The minimum absolute atomic E-state index is 0.126. The highest BCUT2D eigenvalue weighted by Gasteiger charge is 2.33. The quantitative estimate of drug-likeness (QED) is 0.817. The molecule has 2 unspecified atom stereocenters. The summed E-state index contributed by atoms with van der Waals surface area (Å²) in [6.45, 7) is 8.78. The molecule has 1 saturated carbocycles. The van der Waals surface area contributed by atoms with Gasteiger partial charge in [0.05, 0.1) is 11.0 Å². The fourth-order valence-electron chi connectivity index (χ4n) is 3.04. The lowest BCUT2D eigenvalue weighted by Crippen LogP contribution is -2.34. The number of aryl methyl sites for hydroxylation is 1. The Morgan fingerprint density at radius 1 is 1.20 bits per heavy atom. The standard InChI is InChI=1S/C17H26O2S/c1-12(2)16-10-7-14(4)11-17(16)19-20(18)15-8-5-13(3)6-9-15/h5-6,8-9,12,14,16-17H,7,10-11H2,1-4H3/t14-,16?,17-,20?/m1/s1. The summed E-state index contributed by atoms with van der Waals surface area (Å²) in [4.78, 5) is 0.774. The third-order valence-corrected chi connectivity index (χ3v) is 5.46. The first-order valence-electron chi connectivity index (χ1n) is 7.63. The van der Waals surface area contributed by atoms with E-state index in [0.29, 0.717) is 17.8 Å². The molecule has 1 fully saturated rings. The molecule has 0 heterocycles. The molecule has 112 valence electrons. The van der Waals surface area contributed by atoms with E-state index in [1.165, 1.54) is 18.4 Å². The fourth-order valence-corrected chi connectivity index (χ4v) is 3.96. The van der Waals surface area contributed by atoms with Crippen molar-refractivity contribution in [2.45, 2.75) is 58.0 Å². The van der Waals surface area contributed by atoms with E-state index in [9.17, 15) is 4.21 Å². The van der Waals surface area contributed by atoms with Crippen molar-refractivity contribution in [2.75, 3.05) is 0 Å². The van der Waals surface area contributed by atoms with Crippen LogP contribution in [-0.4, -0.2) is 10.3 Å². The number of benzene rings is 1. The van der Waals surface area contributed by atoms with Gasteiger partial charge in [-0.1, -0.05) is 44.9 Å². The average molecular weight is 294 g/mol. The number of hydrogen-bond donors (Lipinski definition) is 0. The van der Waals surface area contributed by atoms with Crippen molar-refractivity contribution >= 4 is 11.1 Å². The molecule has 20 heavy (non-hydrogen) atoms. The molecule has 2 nitrogen and oxygen atoms in total. The molecule has 1 aliphatic rings. The van der Waals surface area contributed by atoms with Crippen LogP contribution < -0.4 is 0 Å². The molecule has 0 bridgehead atoms. The first-order chi connectivity index (χ1) is 9.47. The van der Waals surface area contributed by atoms with Crippen LogP contribution in [0.25, 0.3) is 0 Å². The lowest BCUT2D eigenvalue weighted by atomic mass is 9.75. The molecule has 2 rings (SSSR count). The summed E-state index contributed by atoms with van der Waals surface area (Å²) in [6, 6.07) is 7.78. The Labute approximate surface area is 125 Å². The fraction of sp³-hybridized carbons (Fsp3) is 0.647. The van der Waals surface area contributed by atoms with Gasteiger partial charge in [0.2, 0.25) is 0 Å². The third-order valence-electron chi connectivity index (χ3n) is 4.39. The van der Waals surface area contributed by atoms with Crippen molar-refractivity contribution in [2.24, 2.45) is 17.8 Å². The van der Waals surface area contributed by atoms with Gasteiger partial charge in [-0.3, -0.25) is 4.18 Å². The summed E-state index contributed by atoms with van der Waals surface area (Å²) >= 11 is -1.34. The highest BCUT2D eigenvalue weighted by atomic mass is 32.2. The maximum atomic E-state index is 12.4. The summed E-state index contributed by atoms with van der Waals surface area (Å²) in [5, 5.41) is 0. The summed E-state index contributed by atoms with van der Waals surface area (Å²) in [6.07, 6.45) is 3.61.